The molecule has 1 aliphatic heterocycles. The van der Waals surface area contributed by atoms with Gasteiger partial charge < -0.3 is 10.6 Å². The summed E-state index contributed by atoms with van der Waals surface area (Å²) < 4.78 is 0. The molecule has 0 atom stereocenters. The van der Waals surface area contributed by atoms with Crippen LogP contribution in [-0.2, 0) is 4.79 Å². The minimum Gasteiger partial charge on any atom is -0.341 e. The number of nitrogens with zero attached hydrogens (tertiary/aromatic N) is 1. The van der Waals surface area contributed by atoms with Gasteiger partial charge in [0.2, 0.25) is 5.91 Å². The average Bonchev–Trinajstić information content (AvgIpc) is 3.21. The van der Waals surface area contributed by atoms with Gasteiger partial charge in [-0.1, -0.05) is 0 Å². The molecule has 0 aromatic carbocycles. The van der Waals surface area contributed by atoms with Crippen molar-refractivity contribution in [2.45, 2.75) is 31.7 Å². The van der Waals surface area contributed by atoms with Crippen molar-refractivity contribution in [3.63, 3.8) is 0 Å². The summed E-state index contributed by atoms with van der Waals surface area (Å²) in [4.78, 5) is 24.7. The van der Waals surface area contributed by atoms with E-state index < -0.39 is 6.03 Å². The van der Waals surface area contributed by atoms with E-state index in [1.165, 1.54) is 19.9 Å². The first-order valence-corrected chi connectivity index (χ1v) is 7.14. The van der Waals surface area contributed by atoms with Crippen LogP contribution >= 0.6 is 0 Å². The number of carbonyl (C=O) groups excluding carboxylic acids is 2. The highest BCUT2D eigenvalue weighted by Gasteiger charge is 2.25. The second-order valence-corrected chi connectivity index (χ2v) is 5.53. The highest BCUT2D eigenvalue weighted by atomic mass is 16.2. The van der Waals surface area contributed by atoms with Crippen molar-refractivity contribution in [3.8, 4) is 0 Å². The SMILES string of the molecule is CNC(=O)NC(=O)CN1CCC(NCC2CC2)CC1. The van der Waals surface area contributed by atoms with E-state index in [0.717, 1.165) is 38.4 Å². The van der Waals surface area contributed by atoms with E-state index in [2.05, 4.69) is 20.9 Å². The van der Waals surface area contributed by atoms with E-state index in [0.29, 0.717) is 12.6 Å². The summed E-state index contributed by atoms with van der Waals surface area (Å²) in [5, 5.41) is 8.27. The molecule has 1 aliphatic carbocycles. The van der Waals surface area contributed by atoms with Gasteiger partial charge in [-0.05, 0) is 38.1 Å². The number of imide groups is 1. The molecule has 1 saturated heterocycles. The maximum Gasteiger partial charge on any atom is 0.321 e. The average molecular weight is 268 g/mol. The fraction of sp³-hybridized carbons (Fsp3) is 0.846. The third-order valence-electron chi connectivity index (χ3n) is 3.83. The molecule has 3 N–H and O–H groups in total. The Kier molecular flexibility index (Phi) is 5.15. The molecule has 0 spiro atoms. The highest BCUT2D eigenvalue weighted by Crippen LogP contribution is 2.28. The van der Waals surface area contributed by atoms with Crippen LogP contribution in [0.5, 0.6) is 0 Å². The zero-order valence-corrected chi connectivity index (χ0v) is 11.6. The van der Waals surface area contributed by atoms with Gasteiger partial charge in [0.25, 0.3) is 0 Å². The molecule has 2 rings (SSSR count). The standard InChI is InChI=1S/C13H24N4O2/c1-14-13(19)16-12(18)9-17-6-4-11(5-7-17)15-8-10-2-3-10/h10-11,15H,2-9H2,1H3,(H2,14,16,18,19). The maximum absolute atomic E-state index is 11.6. The van der Waals surface area contributed by atoms with Crippen molar-refractivity contribution < 1.29 is 9.59 Å². The second-order valence-electron chi connectivity index (χ2n) is 5.53. The van der Waals surface area contributed by atoms with Crippen molar-refractivity contribution in [1.82, 2.24) is 20.9 Å². The number of nitrogens with one attached hydrogen (secondary N) is 3. The molecule has 108 valence electrons. The lowest BCUT2D eigenvalue weighted by atomic mass is 10.0. The number of urea groups is 1. The first-order valence-electron chi connectivity index (χ1n) is 7.14. The zero-order valence-electron chi connectivity index (χ0n) is 11.6. The van der Waals surface area contributed by atoms with E-state index >= 15 is 0 Å². The molecular weight excluding hydrogens is 244 g/mol. The predicted molar refractivity (Wildman–Crippen MR) is 72.8 cm³/mol. The van der Waals surface area contributed by atoms with Crippen LogP contribution in [-0.4, -0.2) is 56.1 Å². The molecule has 0 radical (unpaired) electrons. The van der Waals surface area contributed by atoms with Crippen molar-refractivity contribution in [1.29, 1.82) is 0 Å². The number of hydrogen-bond donors (Lipinski definition) is 3. The summed E-state index contributed by atoms with van der Waals surface area (Å²) in [6.45, 7) is 3.30. The van der Waals surface area contributed by atoms with Gasteiger partial charge in [0.1, 0.15) is 0 Å². The van der Waals surface area contributed by atoms with Crippen LogP contribution in [0.25, 0.3) is 0 Å². The van der Waals surface area contributed by atoms with Gasteiger partial charge >= 0.3 is 6.03 Å². The van der Waals surface area contributed by atoms with Gasteiger partial charge in [-0.15, -0.1) is 0 Å². The van der Waals surface area contributed by atoms with Crippen molar-refractivity contribution in [2.75, 3.05) is 33.2 Å². The Bertz CT molecular complexity index is 323. The lowest BCUT2D eigenvalue weighted by Gasteiger charge is -2.31. The molecule has 6 heteroatoms. The predicted octanol–water partition coefficient (Wildman–Crippen LogP) is -0.0940. The topological polar surface area (TPSA) is 73.5 Å². The Morgan fingerprint density at radius 3 is 2.42 bits per heavy atom. The normalized spacial score (nSPS) is 21.1. The van der Waals surface area contributed by atoms with E-state index in [1.807, 2.05) is 0 Å². The molecule has 3 amide bonds. The first-order chi connectivity index (χ1) is 9.17. The summed E-state index contributed by atoms with van der Waals surface area (Å²) >= 11 is 0. The summed E-state index contributed by atoms with van der Waals surface area (Å²) in [6.07, 6.45) is 4.93. The summed E-state index contributed by atoms with van der Waals surface area (Å²) in [5.41, 5.74) is 0. The van der Waals surface area contributed by atoms with E-state index in [1.54, 1.807) is 0 Å². The van der Waals surface area contributed by atoms with Crippen LogP contribution < -0.4 is 16.0 Å². The van der Waals surface area contributed by atoms with Gasteiger partial charge in [0.05, 0.1) is 6.54 Å². The smallest absolute Gasteiger partial charge is 0.321 e. The third-order valence-corrected chi connectivity index (χ3v) is 3.83. The van der Waals surface area contributed by atoms with Crippen LogP contribution in [0.1, 0.15) is 25.7 Å². The van der Waals surface area contributed by atoms with Crippen molar-refractivity contribution in [2.24, 2.45) is 5.92 Å². The van der Waals surface area contributed by atoms with Crippen LogP contribution in [0.3, 0.4) is 0 Å². The van der Waals surface area contributed by atoms with Crippen LogP contribution in [0.15, 0.2) is 0 Å². The summed E-state index contributed by atoms with van der Waals surface area (Å²) in [5.74, 6) is 0.681. The molecule has 0 aromatic rings. The van der Waals surface area contributed by atoms with Crippen molar-refractivity contribution in [3.05, 3.63) is 0 Å². The third kappa shape index (κ3) is 5.16. The largest absolute Gasteiger partial charge is 0.341 e. The van der Waals surface area contributed by atoms with Crippen LogP contribution in [0.2, 0.25) is 0 Å². The monoisotopic (exact) mass is 268 g/mol. The minimum absolute atomic E-state index is 0.233. The summed E-state index contributed by atoms with van der Waals surface area (Å²) in [7, 11) is 1.50. The van der Waals surface area contributed by atoms with E-state index in [4.69, 9.17) is 0 Å². The number of carbonyl (C=O) groups is 2. The molecule has 1 saturated carbocycles. The van der Waals surface area contributed by atoms with Crippen LogP contribution in [0, 0.1) is 5.92 Å². The fourth-order valence-corrected chi connectivity index (χ4v) is 2.38. The second kappa shape index (κ2) is 6.86. The zero-order chi connectivity index (χ0) is 13.7. The minimum atomic E-state index is -0.439. The van der Waals surface area contributed by atoms with Gasteiger partial charge in [-0.2, -0.15) is 0 Å². The molecule has 2 aliphatic rings. The number of hydrogen-bond acceptors (Lipinski definition) is 4. The molecule has 0 aromatic heterocycles. The number of rotatable bonds is 5. The van der Waals surface area contributed by atoms with E-state index in [9.17, 15) is 9.59 Å². The molecule has 19 heavy (non-hydrogen) atoms. The van der Waals surface area contributed by atoms with Gasteiger partial charge in [0, 0.05) is 26.2 Å². The molecule has 1 heterocycles. The number of likely N-dealkylation sites (tertiary alicyclic amines) is 1. The molecule has 2 fully saturated rings. The lowest BCUT2D eigenvalue weighted by Crippen LogP contribution is -2.48. The fourth-order valence-electron chi connectivity index (χ4n) is 2.38. The first kappa shape index (κ1) is 14.3. The van der Waals surface area contributed by atoms with Crippen molar-refractivity contribution >= 4 is 11.9 Å². The molecule has 0 bridgehead atoms. The number of piperidine rings is 1. The Morgan fingerprint density at radius 2 is 1.84 bits per heavy atom. The van der Waals surface area contributed by atoms with Gasteiger partial charge in [0.15, 0.2) is 0 Å². The summed E-state index contributed by atoms with van der Waals surface area (Å²) in [6, 6.07) is 0.157. The van der Waals surface area contributed by atoms with Gasteiger partial charge in [-0.3, -0.25) is 15.0 Å². The Morgan fingerprint density at radius 1 is 1.16 bits per heavy atom. The maximum atomic E-state index is 11.6. The van der Waals surface area contributed by atoms with E-state index in [-0.39, 0.29) is 5.91 Å². The molecular formula is C13H24N4O2. The Hall–Kier alpha value is -1.14. The Labute approximate surface area is 114 Å². The Balaban J connectivity index is 1.59. The lowest BCUT2D eigenvalue weighted by molar-refractivity contribution is -0.121. The molecule has 0 unspecified atom stereocenters. The van der Waals surface area contributed by atoms with Gasteiger partial charge in [-0.25, -0.2) is 4.79 Å². The highest BCUT2D eigenvalue weighted by molar-refractivity contribution is 5.95. The van der Waals surface area contributed by atoms with Crippen LogP contribution in [0.4, 0.5) is 4.79 Å². The quantitative estimate of drug-likeness (QED) is 0.651. The number of amides is 3. The molecule has 6 nitrogen and oxygen atoms in total.